The van der Waals surface area contributed by atoms with Crippen molar-refractivity contribution in [2.24, 2.45) is 0 Å². The summed E-state index contributed by atoms with van der Waals surface area (Å²) in [6.07, 6.45) is 0.535. The Labute approximate surface area is 126 Å². The molecule has 0 amide bonds. The fourth-order valence-electron chi connectivity index (χ4n) is 1.84. The number of nitrogens with zero attached hydrogens (tertiary/aromatic N) is 1. The quantitative estimate of drug-likeness (QED) is 0.842. The van der Waals surface area contributed by atoms with E-state index in [-0.39, 0.29) is 10.8 Å². The summed E-state index contributed by atoms with van der Waals surface area (Å²) in [5.74, 6) is -1.35. The highest BCUT2D eigenvalue weighted by Crippen LogP contribution is 2.19. The molecule has 0 saturated heterocycles. The van der Waals surface area contributed by atoms with Crippen LogP contribution in [-0.2, 0) is 16.4 Å². The number of carboxylic acids is 1. The number of thiazole rings is 1. The second-order valence-corrected chi connectivity index (χ2v) is 7.18. The molecule has 1 aromatic carbocycles. The second-order valence-electron chi connectivity index (χ2n) is 4.37. The van der Waals surface area contributed by atoms with E-state index in [1.165, 1.54) is 5.51 Å². The topological polar surface area (TPSA) is 96.4 Å². The second kappa shape index (κ2) is 6.33. The Balaban J connectivity index is 2.07. The van der Waals surface area contributed by atoms with Crippen molar-refractivity contribution in [1.29, 1.82) is 0 Å². The van der Waals surface area contributed by atoms with Crippen LogP contribution < -0.4 is 4.72 Å². The molecule has 0 unspecified atom stereocenters. The molecule has 6 nitrogen and oxygen atoms in total. The Morgan fingerprint density at radius 2 is 2.10 bits per heavy atom. The molecule has 0 fully saturated rings. The van der Waals surface area contributed by atoms with E-state index in [2.05, 4.69) is 9.71 Å². The smallest absolute Gasteiger partial charge is 0.356 e. The van der Waals surface area contributed by atoms with Gasteiger partial charge in [-0.05, 0) is 24.5 Å². The summed E-state index contributed by atoms with van der Waals surface area (Å²) in [6.45, 7) is 2.15. The van der Waals surface area contributed by atoms with Gasteiger partial charge in [0.2, 0.25) is 0 Å². The molecule has 0 atom stereocenters. The largest absolute Gasteiger partial charge is 0.476 e. The zero-order valence-corrected chi connectivity index (χ0v) is 12.9. The molecule has 0 saturated carbocycles. The molecule has 0 spiro atoms. The zero-order valence-electron chi connectivity index (χ0n) is 11.2. The summed E-state index contributed by atoms with van der Waals surface area (Å²) < 4.78 is 26.3. The maximum atomic E-state index is 12.1. The van der Waals surface area contributed by atoms with E-state index >= 15 is 0 Å². The molecule has 0 bridgehead atoms. The molecule has 2 aromatic rings. The number of nitrogens with one attached hydrogen (secondary N) is 1. The molecule has 0 radical (unpaired) electrons. The Morgan fingerprint density at radius 3 is 2.76 bits per heavy atom. The maximum absolute atomic E-state index is 12.1. The molecular formula is C13H14N2O4S2. The van der Waals surface area contributed by atoms with Crippen LogP contribution in [0.15, 0.2) is 34.0 Å². The highest BCUT2D eigenvalue weighted by Gasteiger charge is 2.25. The van der Waals surface area contributed by atoms with Gasteiger partial charge < -0.3 is 5.11 Å². The zero-order chi connectivity index (χ0) is 15.5. The number of aromatic carboxylic acids is 1. The first-order chi connectivity index (χ1) is 9.92. The van der Waals surface area contributed by atoms with Gasteiger partial charge >= 0.3 is 5.97 Å². The lowest BCUT2D eigenvalue weighted by Gasteiger charge is -2.07. The number of aryl methyl sites for hydroxylation is 1. The third kappa shape index (κ3) is 3.66. The van der Waals surface area contributed by atoms with Crippen molar-refractivity contribution in [2.75, 3.05) is 6.54 Å². The van der Waals surface area contributed by atoms with Crippen LogP contribution in [-0.4, -0.2) is 31.0 Å². The molecule has 2 rings (SSSR count). The monoisotopic (exact) mass is 326 g/mol. The van der Waals surface area contributed by atoms with Gasteiger partial charge in [-0.1, -0.05) is 24.3 Å². The Morgan fingerprint density at radius 1 is 1.38 bits per heavy atom. The fraction of sp³-hybridized carbons (Fsp3) is 0.231. The summed E-state index contributed by atoms with van der Waals surface area (Å²) in [6, 6.07) is 7.69. The van der Waals surface area contributed by atoms with Gasteiger partial charge in [0.1, 0.15) is 0 Å². The van der Waals surface area contributed by atoms with Crippen LogP contribution in [0.1, 0.15) is 21.6 Å². The molecule has 0 aliphatic heterocycles. The van der Waals surface area contributed by atoms with E-state index in [9.17, 15) is 13.2 Å². The number of carboxylic acid groups (broad SMARTS) is 1. The van der Waals surface area contributed by atoms with E-state index in [0.717, 1.165) is 22.5 Å². The highest BCUT2D eigenvalue weighted by molar-refractivity contribution is 7.91. The van der Waals surface area contributed by atoms with Crippen LogP contribution >= 0.6 is 11.3 Å². The number of rotatable bonds is 6. The predicted molar refractivity (Wildman–Crippen MR) is 79.1 cm³/mol. The minimum Gasteiger partial charge on any atom is -0.476 e. The van der Waals surface area contributed by atoms with Crippen molar-refractivity contribution >= 4 is 27.3 Å². The van der Waals surface area contributed by atoms with E-state index in [1.807, 2.05) is 31.2 Å². The van der Waals surface area contributed by atoms with E-state index < -0.39 is 21.7 Å². The highest BCUT2D eigenvalue weighted by atomic mass is 32.2. The minimum atomic E-state index is -3.85. The van der Waals surface area contributed by atoms with Gasteiger partial charge in [0.05, 0.1) is 5.51 Å². The molecule has 0 aliphatic rings. The summed E-state index contributed by atoms with van der Waals surface area (Å²) in [4.78, 5) is 14.5. The maximum Gasteiger partial charge on any atom is 0.356 e. The minimum absolute atomic E-state index is 0.199. The van der Waals surface area contributed by atoms with E-state index in [0.29, 0.717) is 6.42 Å². The van der Waals surface area contributed by atoms with Crippen molar-refractivity contribution in [3.8, 4) is 0 Å². The fourth-order valence-corrected chi connectivity index (χ4v) is 4.06. The standard InChI is InChI=1S/C13H14N2O4S2/c1-9-4-2-3-5-10(9)6-7-15-21(18,19)13-11(12(16)17)14-8-20-13/h2-5,8,15H,6-7H2,1H3,(H,16,17). The van der Waals surface area contributed by atoms with Crippen LogP contribution in [0.3, 0.4) is 0 Å². The summed E-state index contributed by atoms with van der Waals surface area (Å²) in [7, 11) is -3.85. The van der Waals surface area contributed by atoms with Crippen molar-refractivity contribution < 1.29 is 18.3 Å². The Kier molecular flexibility index (Phi) is 4.71. The van der Waals surface area contributed by atoms with Gasteiger partial charge in [-0.15, -0.1) is 11.3 Å². The first-order valence-corrected chi connectivity index (χ1v) is 8.49. The van der Waals surface area contributed by atoms with Crippen molar-refractivity contribution in [2.45, 2.75) is 17.6 Å². The average molecular weight is 326 g/mol. The number of benzene rings is 1. The number of aromatic nitrogens is 1. The summed E-state index contributed by atoms with van der Waals surface area (Å²) in [5.41, 5.74) is 2.89. The van der Waals surface area contributed by atoms with Crippen LogP contribution in [0.5, 0.6) is 0 Å². The molecule has 21 heavy (non-hydrogen) atoms. The molecule has 112 valence electrons. The van der Waals surface area contributed by atoms with Crippen LogP contribution in [0, 0.1) is 6.92 Å². The number of carbonyl (C=O) groups is 1. The molecule has 1 aromatic heterocycles. The van der Waals surface area contributed by atoms with Gasteiger partial charge in [-0.2, -0.15) is 0 Å². The van der Waals surface area contributed by atoms with Crippen molar-refractivity contribution in [3.05, 3.63) is 46.6 Å². The molecule has 1 heterocycles. The first-order valence-electron chi connectivity index (χ1n) is 6.13. The first kappa shape index (κ1) is 15.6. The van der Waals surface area contributed by atoms with Gasteiger partial charge in [0.15, 0.2) is 9.90 Å². The van der Waals surface area contributed by atoms with Crippen molar-refractivity contribution in [3.63, 3.8) is 0 Å². The Bertz CT molecular complexity index is 753. The third-order valence-electron chi connectivity index (χ3n) is 2.93. The van der Waals surface area contributed by atoms with Gasteiger partial charge in [0, 0.05) is 6.54 Å². The van der Waals surface area contributed by atoms with E-state index in [1.54, 1.807) is 0 Å². The van der Waals surface area contributed by atoms with Crippen molar-refractivity contribution in [1.82, 2.24) is 9.71 Å². The normalized spacial score (nSPS) is 11.5. The van der Waals surface area contributed by atoms with Crippen LogP contribution in [0.25, 0.3) is 0 Å². The van der Waals surface area contributed by atoms with Gasteiger partial charge in [0.25, 0.3) is 10.0 Å². The number of hydrogen-bond donors (Lipinski definition) is 2. The number of hydrogen-bond acceptors (Lipinski definition) is 5. The molecule has 8 heteroatoms. The molecular weight excluding hydrogens is 312 g/mol. The van der Waals surface area contributed by atoms with Crippen LogP contribution in [0.2, 0.25) is 0 Å². The Hall–Kier alpha value is -1.77. The summed E-state index contributed by atoms with van der Waals surface area (Å²) in [5, 5.41) is 8.91. The SMILES string of the molecule is Cc1ccccc1CCNS(=O)(=O)c1scnc1C(=O)O. The number of sulfonamides is 1. The van der Waals surface area contributed by atoms with Gasteiger partial charge in [-0.25, -0.2) is 22.9 Å². The molecule has 2 N–H and O–H groups in total. The average Bonchev–Trinajstić information content (AvgIpc) is 2.91. The lowest BCUT2D eigenvalue weighted by Crippen LogP contribution is -2.26. The van der Waals surface area contributed by atoms with E-state index in [4.69, 9.17) is 5.11 Å². The van der Waals surface area contributed by atoms with Crippen LogP contribution in [0.4, 0.5) is 0 Å². The lowest BCUT2D eigenvalue weighted by atomic mass is 10.1. The summed E-state index contributed by atoms with van der Waals surface area (Å²) >= 11 is 0.792. The lowest BCUT2D eigenvalue weighted by molar-refractivity contribution is 0.0687. The molecule has 0 aliphatic carbocycles. The predicted octanol–water partition coefficient (Wildman–Crippen LogP) is 1.67. The third-order valence-corrected chi connectivity index (χ3v) is 5.76. The van der Waals surface area contributed by atoms with Gasteiger partial charge in [-0.3, -0.25) is 0 Å².